The van der Waals surface area contributed by atoms with Crippen LogP contribution in [0.1, 0.15) is 46.5 Å². The molecule has 2 unspecified atom stereocenters. The normalized spacial score (nSPS) is 29.8. The first-order chi connectivity index (χ1) is 8.02. The van der Waals surface area contributed by atoms with Crippen LogP contribution in [0.15, 0.2) is 0 Å². The third-order valence-electron chi connectivity index (χ3n) is 3.40. The molecule has 0 aromatic heterocycles. The highest BCUT2D eigenvalue weighted by atomic mass is 16.5. The van der Waals surface area contributed by atoms with Crippen LogP contribution in [0.3, 0.4) is 0 Å². The van der Waals surface area contributed by atoms with Crippen molar-refractivity contribution in [1.29, 1.82) is 0 Å². The first kappa shape index (κ1) is 14.9. The average molecular weight is 243 g/mol. The highest BCUT2D eigenvalue weighted by molar-refractivity contribution is 4.86. The minimum absolute atomic E-state index is 0.476. The van der Waals surface area contributed by atoms with Gasteiger partial charge in [-0.1, -0.05) is 33.6 Å². The van der Waals surface area contributed by atoms with Gasteiger partial charge < -0.3 is 15.2 Å². The quantitative estimate of drug-likeness (QED) is 0.674. The highest BCUT2D eigenvalue weighted by Gasteiger charge is 2.31. The Hall–Kier alpha value is -0.120. The zero-order chi connectivity index (χ0) is 12.7. The molecule has 1 rings (SSSR count). The number of rotatable bonds is 7. The maximum atomic E-state index is 10.4. The molecule has 0 aromatic rings. The van der Waals surface area contributed by atoms with Gasteiger partial charge in [-0.25, -0.2) is 0 Å². The van der Waals surface area contributed by atoms with Crippen LogP contribution in [0.2, 0.25) is 0 Å². The predicted molar refractivity (Wildman–Crippen MR) is 71.1 cm³/mol. The zero-order valence-corrected chi connectivity index (χ0v) is 11.7. The summed E-state index contributed by atoms with van der Waals surface area (Å²) in [6.07, 6.45) is 4.30. The van der Waals surface area contributed by atoms with Crippen LogP contribution < -0.4 is 5.32 Å². The summed E-state index contributed by atoms with van der Waals surface area (Å²) < 4.78 is 5.49. The van der Waals surface area contributed by atoms with Crippen molar-refractivity contribution in [1.82, 2.24) is 5.32 Å². The van der Waals surface area contributed by atoms with Crippen molar-refractivity contribution in [2.24, 2.45) is 11.8 Å². The van der Waals surface area contributed by atoms with Crippen LogP contribution in [0.25, 0.3) is 0 Å². The van der Waals surface area contributed by atoms with E-state index >= 15 is 0 Å². The average Bonchev–Trinajstić information content (AvgIpc) is 2.22. The third-order valence-corrected chi connectivity index (χ3v) is 3.40. The molecule has 2 atom stereocenters. The smallest absolute Gasteiger partial charge is 0.0774 e. The fourth-order valence-corrected chi connectivity index (χ4v) is 2.58. The largest absolute Gasteiger partial charge is 0.389 e. The van der Waals surface area contributed by atoms with Gasteiger partial charge in [-0.2, -0.15) is 0 Å². The van der Waals surface area contributed by atoms with E-state index in [1.807, 2.05) is 0 Å². The molecular formula is C14H29NO2. The monoisotopic (exact) mass is 243 g/mol. The topological polar surface area (TPSA) is 41.5 Å². The lowest BCUT2D eigenvalue weighted by Crippen LogP contribution is -2.44. The van der Waals surface area contributed by atoms with E-state index < -0.39 is 5.60 Å². The summed E-state index contributed by atoms with van der Waals surface area (Å²) >= 11 is 0. The van der Waals surface area contributed by atoms with Gasteiger partial charge in [-0.3, -0.25) is 0 Å². The lowest BCUT2D eigenvalue weighted by atomic mass is 9.79. The molecule has 0 heterocycles. The van der Waals surface area contributed by atoms with E-state index in [0.29, 0.717) is 18.4 Å². The molecule has 3 nitrogen and oxygen atoms in total. The summed E-state index contributed by atoms with van der Waals surface area (Å²) in [6, 6.07) is 0. The maximum Gasteiger partial charge on any atom is 0.0774 e. The molecule has 1 saturated carbocycles. The Morgan fingerprint density at radius 2 is 2.24 bits per heavy atom. The van der Waals surface area contributed by atoms with Crippen LogP contribution in [-0.4, -0.2) is 37.0 Å². The molecule has 0 saturated heterocycles. The van der Waals surface area contributed by atoms with E-state index in [0.717, 1.165) is 39.0 Å². The number of nitrogens with one attached hydrogen (secondary N) is 1. The second-order valence-electron chi connectivity index (χ2n) is 6.07. The van der Waals surface area contributed by atoms with Crippen LogP contribution in [0.5, 0.6) is 0 Å². The fraction of sp³-hybridized carbons (Fsp3) is 1.00. The zero-order valence-electron chi connectivity index (χ0n) is 11.7. The van der Waals surface area contributed by atoms with E-state index in [9.17, 15) is 5.11 Å². The number of aliphatic hydroxyl groups is 1. The minimum atomic E-state index is -0.476. The van der Waals surface area contributed by atoms with Crippen LogP contribution >= 0.6 is 0 Å². The van der Waals surface area contributed by atoms with Crippen molar-refractivity contribution in [2.45, 2.75) is 52.1 Å². The van der Waals surface area contributed by atoms with Gasteiger partial charge in [0, 0.05) is 19.7 Å². The van der Waals surface area contributed by atoms with Crippen molar-refractivity contribution in [3.63, 3.8) is 0 Å². The first-order valence-corrected chi connectivity index (χ1v) is 7.03. The Morgan fingerprint density at radius 3 is 2.88 bits per heavy atom. The summed E-state index contributed by atoms with van der Waals surface area (Å²) in [5, 5.41) is 13.7. The van der Waals surface area contributed by atoms with Gasteiger partial charge >= 0.3 is 0 Å². The van der Waals surface area contributed by atoms with Crippen LogP contribution in [0, 0.1) is 11.8 Å². The highest BCUT2D eigenvalue weighted by Crippen LogP contribution is 2.31. The molecule has 0 aliphatic heterocycles. The molecule has 0 aromatic carbocycles. The number of hydrogen-bond acceptors (Lipinski definition) is 3. The van der Waals surface area contributed by atoms with Gasteiger partial charge in [0.15, 0.2) is 0 Å². The van der Waals surface area contributed by atoms with Gasteiger partial charge in [0.2, 0.25) is 0 Å². The van der Waals surface area contributed by atoms with E-state index in [2.05, 4.69) is 26.1 Å². The molecule has 3 heteroatoms. The lowest BCUT2D eigenvalue weighted by molar-refractivity contribution is -0.0130. The molecule has 1 aliphatic carbocycles. The predicted octanol–water partition coefficient (Wildman–Crippen LogP) is 2.19. The Kier molecular flexibility index (Phi) is 6.45. The SMILES string of the molecule is CC(C)COCCNCC1(O)CCCC(C)C1. The van der Waals surface area contributed by atoms with E-state index in [1.54, 1.807) is 0 Å². The molecule has 2 N–H and O–H groups in total. The Labute approximate surface area is 106 Å². The maximum absolute atomic E-state index is 10.4. The molecule has 0 radical (unpaired) electrons. The van der Waals surface area contributed by atoms with Gasteiger partial charge in [0.05, 0.1) is 12.2 Å². The standard InChI is InChI=1S/C14H29NO2/c1-12(2)10-17-8-7-15-11-14(16)6-4-5-13(3)9-14/h12-13,15-16H,4-11H2,1-3H3. The molecule has 1 fully saturated rings. The summed E-state index contributed by atoms with van der Waals surface area (Å²) in [5.74, 6) is 1.26. The minimum Gasteiger partial charge on any atom is -0.389 e. The number of hydrogen-bond donors (Lipinski definition) is 2. The molecule has 0 amide bonds. The lowest BCUT2D eigenvalue weighted by Gasteiger charge is -2.35. The van der Waals surface area contributed by atoms with E-state index in [1.165, 1.54) is 6.42 Å². The van der Waals surface area contributed by atoms with Gasteiger partial charge in [0.1, 0.15) is 0 Å². The Balaban J connectivity index is 2.05. The summed E-state index contributed by atoms with van der Waals surface area (Å²) in [7, 11) is 0. The third kappa shape index (κ3) is 6.39. The van der Waals surface area contributed by atoms with Crippen molar-refractivity contribution >= 4 is 0 Å². The van der Waals surface area contributed by atoms with Gasteiger partial charge in [0.25, 0.3) is 0 Å². The summed E-state index contributed by atoms with van der Waals surface area (Å²) in [4.78, 5) is 0. The molecule has 0 bridgehead atoms. The Bertz CT molecular complexity index is 208. The molecule has 0 spiro atoms. The number of ether oxygens (including phenoxy) is 1. The van der Waals surface area contributed by atoms with Crippen molar-refractivity contribution in [2.75, 3.05) is 26.3 Å². The second kappa shape index (κ2) is 7.34. The fourth-order valence-electron chi connectivity index (χ4n) is 2.58. The molecule has 102 valence electrons. The van der Waals surface area contributed by atoms with Crippen molar-refractivity contribution in [3.8, 4) is 0 Å². The Morgan fingerprint density at radius 1 is 1.47 bits per heavy atom. The van der Waals surface area contributed by atoms with E-state index in [4.69, 9.17) is 4.74 Å². The van der Waals surface area contributed by atoms with Crippen LogP contribution in [-0.2, 0) is 4.74 Å². The van der Waals surface area contributed by atoms with Crippen molar-refractivity contribution in [3.05, 3.63) is 0 Å². The molecule has 1 aliphatic rings. The second-order valence-corrected chi connectivity index (χ2v) is 6.07. The molecular weight excluding hydrogens is 214 g/mol. The van der Waals surface area contributed by atoms with Gasteiger partial charge in [-0.15, -0.1) is 0 Å². The van der Waals surface area contributed by atoms with Gasteiger partial charge in [-0.05, 0) is 24.7 Å². The van der Waals surface area contributed by atoms with E-state index in [-0.39, 0.29) is 0 Å². The first-order valence-electron chi connectivity index (χ1n) is 7.03. The summed E-state index contributed by atoms with van der Waals surface area (Å²) in [5.41, 5.74) is -0.476. The van der Waals surface area contributed by atoms with Crippen LogP contribution in [0.4, 0.5) is 0 Å². The van der Waals surface area contributed by atoms with Crippen molar-refractivity contribution < 1.29 is 9.84 Å². The summed E-state index contributed by atoms with van der Waals surface area (Å²) in [6.45, 7) is 9.65. The molecule has 17 heavy (non-hydrogen) atoms.